The number of hydrazone groups is 1. The summed E-state index contributed by atoms with van der Waals surface area (Å²) in [6.45, 7) is 0. The Morgan fingerprint density at radius 2 is 1.96 bits per heavy atom. The van der Waals surface area contributed by atoms with Crippen molar-refractivity contribution in [2.75, 3.05) is 5.32 Å². The van der Waals surface area contributed by atoms with Gasteiger partial charge in [-0.05, 0) is 36.4 Å². The van der Waals surface area contributed by atoms with Gasteiger partial charge in [0.25, 0.3) is 11.9 Å². The van der Waals surface area contributed by atoms with E-state index in [-0.39, 0.29) is 16.9 Å². The fourth-order valence-corrected chi connectivity index (χ4v) is 2.25. The molecule has 2 rings (SSSR count). The molecule has 118 valence electrons. The van der Waals surface area contributed by atoms with Gasteiger partial charge in [-0.1, -0.05) is 29.3 Å². The van der Waals surface area contributed by atoms with Crippen LogP contribution in [0.25, 0.3) is 0 Å². The van der Waals surface area contributed by atoms with E-state index in [9.17, 15) is 4.79 Å². The number of halogens is 2. The summed E-state index contributed by atoms with van der Waals surface area (Å²) in [4.78, 5) is 12.2. The second kappa shape index (κ2) is 7.62. The third-order valence-corrected chi connectivity index (χ3v) is 3.29. The van der Waals surface area contributed by atoms with E-state index in [4.69, 9.17) is 34.7 Å². The molecule has 0 heterocycles. The normalized spacial score (nSPS) is 10.5. The van der Waals surface area contributed by atoms with Crippen LogP contribution in [0.5, 0.6) is 0 Å². The molecule has 2 aromatic carbocycles. The summed E-state index contributed by atoms with van der Waals surface area (Å²) in [5, 5.41) is 9.73. The van der Waals surface area contributed by atoms with Gasteiger partial charge < -0.3 is 16.8 Å². The third kappa shape index (κ3) is 4.98. The molecule has 0 aromatic heterocycles. The standard InChI is InChI=1S/C15H13Cl2N5O/c16-10-4-5-12(13(17)7-10)14(23)21-11-3-1-2-9(6-11)8-20-22-15(18)19/h1-8H,(H,21,23)(H4,18,19,22)/p+1/b20-8+. The van der Waals surface area contributed by atoms with Gasteiger partial charge in [0.2, 0.25) is 6.21 Å². The summed E-state index contributed by atoms with van der Waals surface area (Å²) >= 11 is 11.8. The van der Waals surface area contributed by atoms with Crippen LogP contribution in [0.4, 0.5) is 5.69 Å². The van der Waals surface area contributed by atoms with Gasteiger partial charge in [0, 0.05) is 21.4 Å². The van der Waals surface area contributed by atoms with Crippen LogP contribution < -0.4 is 21.9 Å². The van der Waals surface area contributed by atoms with Gasteiger partial charge in [-0.3, -0.25) is 4.79 Å². The zero-order valence-corrected chi connectivity index (χ0v) is 13.4. The monoisotopic (exact) mass is 350 g/mol. The SMILES string of the molecule is NC(N)=N/[NH+]=C/c1cccc(NC(=O)c2ccc(Cl)cc2Cl)c1. The van der Waals surface area contributed by atoms with Crippen molar-refractivity contribution in [3.8, 4) is 0 Å². The first-order chi connectivity index (χ1) is 11.0. The lowest BCUT2D eigenvalue weighted by molar-refractivity contribution is -0.456. The van der Waals surface area contributed by atoms with E-state index in [2.05, 4.69) is 15.5 Å². The lowest BCUT2D eigenvalue weighted by atomic mass is 10.2. The average molecular weight is 351 g/mol. The first-order valence-electron chi connectivity index (χ1n) is 6.49. The molecule has 0 atom stereocenters. The molecule has 0 spiro atoms. The highest BCUT2D eigenvalue weighted by molar-refractivity contribution is 6.37. The minimum absolute atomic E-state index is 0.0805. The van der Waals surface area contributed by atoms with Gasteiger partial charge in [-0.25, -0.2) is 0 Å². The van der Waals surface area contributed by atoms with Crippen LogP contribution in [0.15, 0.2) is 47.6 Å². The smallest absolute Gasteiger partial charge is 0.257 e. The molecular weight excluding hydrogens is 337 g/mol. The van der Waals surface area contributed by atoms with E-state index in [0.717, 1.165) is 5.56 Å². The lowest BCUT2D eigenvalue weighted by Gasteiger charge is -2.07. The number of hydrogen-bond acceptors (Lipinski definition) is 2. The van der Waals surface area contributed by atoms with Crippen molar-refractivity contribution in [1.29, 1.82) is 0 Å². The topological polar surface area (TPSA) is 107 Å². The maximum atomic E-state index is 12.2. The number of hydrogen-bond donors (Lipinski definition) is 4. The fraction of sp³-hybridized carbons (Fsp3) is 0. The summed E-state index contributed by atoms with van der Waals surface area (Å²) in [6, 6.07) is 11.8. The van der Waals surface area contributed by atoms with Gasteiger partial charge in [-0.15, -0.1) is 5.10 Å². The number of nitrogens with one attached hydrogen (secondary N) is 2. The molecule has 0 aliphatic carbocycles. The zero-order chi connectivity index (χ0) is 16.8. The van der Waals surface area contributed by atoms with Crippen molar-refractivity contribution < 1.29 is 9.90 Å². The molecular formula is C15H14Cl2N5O+. The molecule has 0 saturated heterocycles. The van der Waals surface area contributed by atoms with E-state index in [1.165, 1.54) is 6.07 Å². The molecule has 2 aromatic rings. The highest BCUT2D eigenvalue weighted by Crippen LogP contribution is 2.22. The van der Waals surface area contributed by atoms with Crippen molar-refractivity contribution in [1.82, 2.24) is 0 Å². The van der Waals surface area contributed by atoms with Crippen molar-refractivity contribution >= 4 is 47.0 Å². The second-order valence-corrected chi connectivity index (χ2v) is 5.36. The highest BCUT2D eigenvalue weighted by atomic mass is 35.5. The van der Waals surface area contributed by atoms with Crippen LogP contribution >= 0.6 is 23.2 Å². The van der Waals surface area contributed by atoms with Gasteiger partial charge in [0.05, 0.1) is 10.6 Å². The molecule has 8 heteroatoms. The number of benzene rings is 2. The molecule has 6 N–H and O–H groups in total. The molecule has 0 bridgehead atoms. The summed E-state index contributed by atoms with van der Waals surface area (Å²) < 4.78 is 0. The molecule has 23 heavy (non-hydrogen) atoms. The average Bonchev–Trinajstić information content (AvgIpc) is 2.47. The quantitative estimate of drug-likeness (QED) is 0.374. The molecule has 0 radical (unpaired) electrons. The molecule has 6 nitrogen and oxygen atoms in total. The number of amides is 1. The van der Waals surface area contributed by atoms with Crippen molar-refractivity contribution in [3.63, 3.8) is 0 Å². The molecule has 1 amide bonds. The Kier molecular flexibility index (Phi) is 5.56. The number of nitrogens with zero attached hydrogens (tertiary/aromatic N) is 1. The van der Waals surface area contributed by atoms with Crippen molar-refractivity contribution in [2.24, 2.45) is 16.6 Å². The Balaban J connectivity index is 2.15. The Labute approximate surface area is 142 Å². The molecule has 0 saturated carbocycles. The largest absolute Gasteiger partial charge is 0.365 e. The minimum atomic E-state index is -0.332. The van der Waals surface area contributed by atoms with Crippen molar-refractivity contribution in [3.05, 3.63) is 63.6 Å². The molecule has 0 aliphatic rings. The number of nitrogens with two attached hydrogens (primary N) is 2. The summed E-state index contributed by atoms with van der Waals surface area (Å²) in [5.41, 5.74) is 12.1. The van der Waals surface area contributed by atoms with Gasteiger partial charge >= 0.3 is 0 Å². The zero-order valence-electron chi connectivity index (χ0n) is 11.9. The predicted octanol–water partition coefficient (Wildman–Crippen LogP) is 0.934. The van der Waals surface area contributed by atoms with Gasteiger partial charge in [-0.2, -0.15) is 0 Å². The van der Waals surface area contributed by atoms with Gasteiger partial charge in [0.15, 0.2) is 0 Å². The molecule has 0 aliphatic heterocycles. The molecule has 0 fully saturated rings. The van der Waals surface area contributed by atoms with Gasteiger partial charge in [0.1, 0.15) is 0 Å². The van der Waals surface area contributed by atoms with Crippen LogP contribution in [0, 0.1) is 0 Å². The fourth-order valence-electron chi connectivity index (χ4n) is 1.76. The van der Waals surface area contributed by atoms with Crippen LogP contribution in [-0.2, 0) is 0 Å². The van der Waals surface area contributed by atoms with Crippen LogP contribution in [0.2, 0.25) is 10.0 Å². The maximum absolute atomic E-state index is 12.2. The molecule has 0 unspecified atom stereocenters. The number of carbonyl (C=O) groups is 1. The number of carbonyl (C=O) groups excluding carboxylic acids is 1. The van der Waals surface area contributed by atoms with Crippen molar-refractivity contribution in [2.45, 2.75) is 0 Å². The Bertz CT molecular complexity index is 785. The third-order valence-electron chi connectivity index (χ3n) is 2.75. The number of anilines is 1. The maximum Gasteiger partial charge on any atom is 0.257 e. The Morgan fingerprint density at radius 1 is 1.17 bits per heavy atom. The predicted molar refractivity (Wildman–Crippen MR) is 92.8 cm³/mol. The summed E-state index contributed by atoms with van der Waals surface area (Å²) in [6.07, 6.45) is 1.59. The Morgan fingerprint density at radius 3 is 2.65 bits per heavy atom. The number of rotatable bonds is 4. The van der Waals surface area contributed by atoms with E-state index in [1.54, 1.807) is 36.5 Å². The first-order valence-corrected chi connectivity index (χ1v) is 7.25. The van der Waals surface area contributed by atoms with E-state index >= 15 is 0 Å². The first kappa shape index (κ1) is 16.8. The van der Waals surface area contributed by atoms with E-state index in [1.807, 2.05) is 6.07 Å². The summed E-state index contributed by atoms with van der Waals surface area (Å²) in [5.74, 6) is -0.413. The van der Waals surface area contributed by atoms with E-state index in [0.29, 0.717) is 16.3 Å². The highest BCUT2D eigenvalue weighted by Gasteiger charge is 2.11. The Hall–Kier alpha value is -2.57. The summed E-state index contributed by atoms with van der Waals surface area (Å²) in [7, 11) is 0. The van der Waals surface area contributed by atoms with Crippen LogP contribution in [-0.4, -0.2) is 18.1 Å². The number of guanidine groups is 1. The van der Waals surface area contributed by atoms with Crippen LogP contribution in [0.3, 0.4) is 0 Å². The minimum Gasteiger partial charge on any atom is -0.365 e. The lowest BCUT2D eigenvalue weighted by Crippen LogP contribution is -2.63. The van der Waals surface area contributed by atoms with Crippen LogP contribution in [0.1, 0.15) is 15.9 Å². The second-order valence-electron chi connectivity index (χ2n) is 4.51. The van der Waals surface area contributed by atoms with E-state index < -0.39 is 0 Å².